The number of amides is 1. The molecule has 0 aliphatic carbocycles. The van der Waals surface area contributed by atoms with Gasteiger partial charge in [0.05, 0.1) is 5.69 Å². The van der Waals surface area contributed by atoms with Gasteiger partial charge in [-0.25, -0.2) is 4.39 Å². The third kappa shape index (κ3) is 3.35. The first-order valence-corrected chi connectivity index (χ1v) is 7.60. The molecular formula is C16H13FN4OS. The van der Waals surface area contributed by atoms with Crippen molar-refractivity contribution in [2.45, 2.75) is 6.54 Å². The van der Waals surface area contributed by atoms with Gasteiger partial charge in [-0.1, -0.05) is 6.07 Å². The van der Waals surface area contributed by atoms with Crippen molar-refractivity contribution in [2.75, 3.05) is 5.73 Å². The highest BCUT2D eigenvalue weighted by molar-refractivity contribution is 7.09. The Kier molecular flexibility index (Phi) is 4.29. The summed E-state index contributed by atoms with van der Waals surface area (Å²) in [5.74, 6) is -0.630. The molecule has 3 rings (SSSR count). The summed E-state index contributed by atoms with van der Waals surface area (Å²) in [5.41, 5.74) is 8.37. The van der Waals surface area contributed by atoms with Crippen LogP contribution in [-0.2, 0) is 6.54 Å². The van der Waals surface area contributed by atoms with Crippen molar-refractivity contribution >= 4 is 23.1 Å². The Morgan fingerprint density at radius 2 is 2.04 bits per heavy atom. The zero-order valence-corrected chi connectivity index (χ0v) is 12.8. The molecule has 0 atom stereocenters. The Labute approximate surface area is 136 Å². The van der Waals surface area contributed by atoms with Crippen LogP contribution in [0.2, 0.25) is 0 Å². The van der Waals surface area contributed by atoms with Crippen LogP contribution >= 0.6 is 11.5 Å². The van der Waals surface area contributed by atoms with Gasteiger partial charge in [0, 0.05) is 24.5 Å². The number of benzene rings is 1. The lowest BCUT2D eigenvalue weighted by molar-refractivity contribution is 0.0955. The van der Waals surface area contributed by atoms with E-state index in [1.807, 2.05) is 6.07 Å². The molecule has 0 fully saturated rings. The topological polar surface area (TPSA) is 80.9 Å². The maximum atomic E-state index is 13.0. The van der Waals surface area contributed by atoms with Crippen LogP contribution in [0.5, 0.6) is 0 Å². The first kappa shape index (κ1) is 15.1. The van der Waals surface area contributed by atoms with Crippen LogP contribution < -0.4 is 11.1 Å². The summed E-state index contributed by atoms with van der Waals surface area (Å²) < 4.78 is 17.2. The van der Waals surface area contributed by atoms with Crippen molar-refractivity contribution < 1.29 is 9.18 Å². The van der Waals surface area contributed by atoms with Crippen molar-refractivity contribution in [2.24, 2.45) is 0 Å². The quantitative estimate of drug-likeness (QED) is 0.772. The number of nitrogens with one attached hydrogen (secondary N) is 1. The number of carbonyl (C=O) groups excluding carboxylic acids is 1. The van der Waals surface area contributed by atoms with E-state index in [-0.39, 0.29) is 11.7 Å². The van der Waals surface area contributed by atoms with E-state index >= 15 is 0 Å². The van der Waals surface area contributed by atoms with Crippen LogP contribution in [0.15, 0.2) is 48.8 Å². The minimum atomic E-state index is -0.336. The third-order valence-corrected chi connectivity index (χ3v) is 4.09. The fraction of sp³-hybridized carbons (Fsp3) is 0.0625. The second-order valence-electron chi connectivity index (χ2n) is 4.82. The first-order valence-electron chi connectivity index (χ1n) is 6.83. The van der Waals surface area contributed by atoms with E-state index in [9.17, 15) is 9.18 Å². The van der Waals surface area contributed by atoms with Crippen LogP contribution in [0.4, 0.5) is 10.1 Å². The van der Waals surface area contributed by atoms with Gasteiger partial charge in [0.1, 0.15) is 16.4 Å². The molecule has 0 saturated heterocycles. The second-order valence-corrected chi connectivity index (χ2v) is 5.60. The SMILES string of the molecule is Nc1c(-c2ccc(F)cc2)nsc1C(=O)NCc1cccnc1. The zero-order chi connectivity index (χ0) is 16.2. The smallest absolute Gasteiger partial charge is 0.265 e. The molecule has 116 valence electrons. The predicted molar refractivity (Wildman–Crippen MR) is 87.3 cm³/mol. The lowest BCUT2D eigenvalue weighted by atomic mass is 10.1. The van der Waals surface area contributed by atoms with E-state index in [4.69, 9.17) is 5.73 Å². The number of nitrogens with zero attached hydrogens (tertiary/aromatic N) is 2. The molecule has 0 aliphatic heterocycles. The van der Waals surface area contributed by atoms with Gasteiger partial charge in [-0.2, -0.15) is 4.37 Å². The minimum absolute atomic E-state index is 0.294. The number of halogens is 1. The predicted octanol–water partition coefficient (Wildman–Crippen LogP) is 2.86. The van der Waals surface area contributed by atoms with Gasteiger partial charge >= 0.3 is 0 Å². The molecule has 0 aliphatic rings. The molecule has 2 aromatic heterocycles. The first-order chi connectivity index (χ1) is 11.1. The fourth-order valence-electron chi connectivity index (χ4n) is 2.04. The van der Waals surface area contributed by atoms with Gasteiger partial charge in [-0.15, -0.1) is 0 Å². The zero-order valence-electron chi connectivity index (χ0n) is 12.0. The second kappa shape index (κ2) is 6.53. The Balaban J connectivity index is 1.76. The highest BCUT2D eigenvalue weighted by Crippen LogP contribution is 2.30. The van der Waals surface area contributed by atoms with Gasteiger partial charge in [0.25, 0.3) is 5.91 Å². The molecule has 3 aromatic rings. The van der Waals surface area contributed by atoms with Crippen LogP contribution in [-0.4, -0.2) is 15.3 Å². The molecule has 5 nitrogen and oxygen atoms in total. The molecule has 23 heavy (non-hydrogen) atoms. The summed E-state index contributed by atoms with van der Waals surface area (Å²) >= 11 is 1.02. The standard InChI is InChI=1S/C16H13FN4OS/c17-12-5-3-11(4-6-12)14-13(18)15(23-21-14)16(22)20-9-10-2-1-7-19-8-10/h1-8H,9,18H2,(H,20,22). The largest absolute Gasteiger partial charge is 0.396 e. The molecular weight excluding hydrogens is 315 g/mol. The Morgan fingerprint density at radius 1 is 1.26 bits per heavy atom. The fourth-order valence-corrected chi connectivity index (χ4v) is 2.78. The van der Waals surface area contributed by atoms with Crippen LogP contribution in [0, 0.1) is 5.82 Å². The molecule has 3 N–H and O–H groups in total. The summed E-state index contributed by atoms with van der Waals surface area (Å²) in [7, 11) is 0. The number of nitrogen functional groups attached to an aromatic ring is 1. The number of carbonyl (C=O) groups is 1. The summed E-state index contributed by atoms with van der Waals surface area (Å²) in [6.07, 6.45) is 3.35. The molecule has 0 radical (unpaired) electrons. The van der Waals surface area contributed by atoms with Crippen molar-refractivity contribution in [1.29, 1.82) is 0 Å². The summed E-state index contributed by atoms with van der Waals surface area (Å²) in [6, 6.07) is 9.49. The summed E-state index contributed by atoms with van der Waals surface area (Å²) in [4.78, 5) is 16.6. The van der Waals surface area contributed by atoms with Gasteiger partial charge in [0.15, 0.2) is 0 Å². The van der Waals surface area contributed by atoms with Gasteiger partial charge in [-0.05, 0) is 47.4 Å². The third-order valence-electron chi connectivity index (χ3n) is 3.23. The summed E-state index contributed by atoms with van der Waals surface area (Å²) in [5, 5.41) is 2.78. The molecule has 7 heteroatoms. The molecule has 0 bridgehead atoms. The van der Waals surface area contributed by atoms with Gasteiger partial charge < -0.3 is 11.1 Å². The van der Waals surface area contributed by atoms with E-state index in [0.29, 0.717) is 28.4 Å². The highest BCUT2D eigenvalue weighted by atomic mass is 32.1. The number of aromatic nitrogens is 2. The van der Waals surface area contributed by atoms with E-state index in [1.165, 1.54) is 12.1 Å². The normalized spacial score (nSPS) is 10.5. The maximum absolute atomic E-state index is 13.0. The van der Waals surface area contributed by atoms with Crippen molar-refractivity contribution in [3.8, 4) is 11.3 Å². The van der Waals surface area contributed by atoms with Crippen molar-refractivity contribution in [3.05, 3.63) is 65.0 Å². The molecule has 0 saturated carbocycles. The molecule has 1 amide bonds. The van der Waals surface area contributed by atoms with E-state index in [1.54, 1.807) is 30.6 Å². The minimum Gasteiger partial charge on any atom is -0.396 e. The van der Waals surface area contributed by atoms with E-state index in [2.05, 4.69) is 14.7 Å². The number of anilines is 1. The van der Waals surface area contributed by atoms with E-state index < -0.39 is 0 Å². The Morgan fingerprint density at radius 3 is 2.74 bits per heavy atom. The average Bonchev–Trinajstić information content (AvgIpc) is 2.96. The van der Waals surface area contributed by atoms with Crippen molar-refractivity contribution in [3.63, 3.8) is 0 Å². The van der Waals surface area contributed by atoms with Crippen molar-refractivity contribution in [1.82, 2.24) is 14.7 Å². The lowest BCUT2D eigenvalue weighted by Gasteiger charge is -2.04. The molecule has 0 spiro atoms. The van der Waals surface area contributed by atoms with Gasteiger partial charge in [0.2, 0.25) is 0 Å². The summed E-state index contributed by atoms with van der Waals surface area (Å²) in [6.45, 7) is 0.357. The van der Waals surface area contributed by atoms with Crippen LogP contribution in [0.25, 0.3) is 11.3 Å². The molecule has 0 unspecified atom stereocenters. The Hall–Kier alpha value is -2.80. The lowest BCUT2D eigenvalue weighted by Crippen LogP contribution is -2.22. The number of hydrogen-bond donors (Lipinski definition) is 2. The van der Waals surface area contributed by atoms with Gasteiger partial charge in [-0.3, -0.25) is 9.78 Å². The molecule has 2 heterocycles. The molecule has 1 aromatic carbocycles. The monoisotopic (exact) mass is 328 g/mol. The highest BCUT2D eigenvalue weighted by Gasteiger charge is 2.18. The number of hydrogen-bond acceptors (Lipinski definition) is 5. The van der Waals surface area contributed by atoms with Crippen LogP contribution in [0.1, 0.15) is 15.2 Å². The average molecular weight is 328 g/mol. The maximum Gasteiger partial charge on any atom is 0.265 e. The number of pyridine rings is 1. The Bertz CT molecular complexity index is 818. The van der Waals surface area contributed by atoms with E-state index in [0.717, 1.165) is 17.1 Å². The number of nitrogens with two attached hydrogens (primary N) is 1. The van der Waals surface area contributed by atoms with Crippen LogP contribution in [0.3, 0.4) is 0 Å². The number of rotatable bonds is 4.